The molecule has 0 spiro atoms. The normalized spacial score (nSPS) is 19.3. The van der Waals surface area contributed by atoms with Gasteiger partial charge in [-0.25, -0.2) is 0 Å². The minimum atomic E-state index is -0.372. The molecule has 0 saturated heterocycles. The van der Waals surface area contributed by atoms with Crippen LogP contribution in [-0.2, 0) is 6.42 Å². The fraction of sp³-hybridized carbons (Fsp3) is 0.625. The summed E-state index contributed by atoms with van der Waals surface area (Å²) in [5.41, 5.74) is 0.968. The van der Waals surface area contributed by atoms with Crippen molar-refractivity contribution in [2.45, 2.75) is 43.7 Å². The molecule has 1 fully saturated rings. The fourth-order valence-corrected chi connectivity index (χ4v) is 3.78. The van der Waals surface area contributed by atoms with E-state index < -0.39 is 0 Å². The number of rotatable bonds is 5. The van der Waals surface area contributed by atoms with E-state index in [1.165, 1.54) is 12.8 Å². The van der Waals surface area contributed by atoms with Gasteiger partial charge in [0.25, 0.3) is 0 Å². The Hall–Kier alpha value is -0.580. The minimum absolute atomic E-state index is 0.0900. The van der Waals surface area contributed by atoms with Crippen molar-refractivity contribution in [3.63, 3.8) is 0 Å². The van der Waals surface area contributed by atoms with Gasteiger partial charge >= 0.3 is 0 Å². The van der Waals surface area contributed by atoms with Crippen LogP contribution in [-0.4, -0.2) is 42.9 Å². The number of methoxy groups -OCH3 is 1. The number of halogens is 1. The van der Waals surface area contributed by atoms with E-state index in [0.717, 1.165) is 28.6 Å². The summed E-state index contributed by atoms with van der Waals surface area (Å²) < 4.78 is 6.43. The van der Waals surface area contributed by atoms with E-state index in [1.807, 2.05) is 18.2 Å². The second-order valence-electron chi connectivity index (χ2n) is 5.88. The van der Waals surface area contributed by atoms with Crippen molar-refractivity contribution in [1.29, 1.82) is 0 Å². The predicted octanol–water partition coefficient (Wildman–Crippen LogP) is 3.24. The van der Waals surface area contributed by atoms with Gasteiger partial charge in [-0.3, -0.25) is 0 Å². The molecule has 0 amide bonds. The molecule has 0 aromatic heterocycles. The summed E-state index contributed by atoms with van der Waals surface area (Å²) in [6.45, 7) is 0. The first-order valence-electron chi connectivity index (χ1n) is 7.17. The second kappa shape index (κ2) is 6.46. The van der Waals surface area contributed by atoms with Crippen LogP contribution in [0.2, 0.25) is 0 Å². The van der Waals surface area contributed by atoms with Gasteiger partial charge in [0.15, 0.2) is 0 Å². The lowest BCUT2D eigenvalue weighted by atomic mass is 9.85. The molecule has 1 aromatic carbocycles. The van der Waals surface area contributed by atoms with Gasteiger partial charge in [0.1, 0.15) is 5.75 Å². The molecule has 1 atom stereocenters. The maximum atomic E-state index is 10.8. The summed E-state index contributed by atoms with van der Waals surface area (Å²) in [5, 5.41) is 10.8. The fourth-order valence-electron chi connectivity index (χ4n) is 3.37. The number of ether oxygens (including phenoxy) is 1. The molecule has 1 saturated carbocycles. The van der Waals surface area contributed by atoms with Crippen LogP contribution in [0.5, 0.6) is 5.75 Å². The largest absolute Gasteiger partial charge is 0.496 e. The molecular formula is C16H24BrNO2. The van der Waals surface area contributed by atoms with Crippen molar-refractivity contribution in [3.05, 3.63) is 28.2 Å². The molecule has 1 N–H and O–H groups in total. The van der Waals surface area contributed by atoms with Gasteiger partial charge in [-0.1, -0.05) is 28.8 Å². The zero-order valence-corrected chi connectivity index (χ0v) is 14.1. The quantitative estimate of drug-likeness (QED) is 0.892. The molecule has 20 heavy (non-hydrogen) atoms. The van der Waals surface area contributed by atoms with Crippen molar-refractivity contribution in [2.75, 3.05) is 21.2 Å². The topological polar surface area (TPSA) is 32.7 Å². The van der Waals surface area contributed by atoms with E-state index in [-0.39, 0.29) is 11.6 Å². The minimum Gasteiger partial charge on any atom is -0.496 e. The Labute approximate surface area is 130 Å². The Kier molecular flexibility index (Phi) is 5.10. The third kappa shape index (κ3) is 3.02. The van der Waals surface area contributed by atoms with Gasteiger partial charge in [0.05, 0.1) is 13.2 Å². The number of aliphatic hydroxyl groups is 1. The first-order valence-corrected chi connectivity index (χ1v) is 7.97. The van der Waals surface area contributed by atoms with Crippen molar-refractivity contribution in [1.82, 2.24) is 4.90 Å². The molecule has 0 aliphatic heterocycles. The summed E-state index contributed by atoms with van der Waals surface area (Å²) in [4.78, 5) is 2.20. The average Bonchev–Trinajstić information content (AvgIpc) is 2.89. The summed E-state index contributed by atoms with van der Waals surface area (Å²) >= 11 is 3.49. The summed E-state index contributed by atoms with van der Waals surface area (Å²) in [6, 6.07) is 5.95. The smallest absolute Gasteiger partial charge is 0.122 e. The zero-order valence-electron chi connectivity index (χ0n) is 12.5. The lowest BCUT2D eigenvalue weighted by Crippen LogP contribution is -2.52. The number of benzene rings is 1. The number of aliphatic hydroxyl groups excluding tert-OH is 1. The number of hydrogen-bond acceptors (Lipinski definition) is 3. The molecule has 0 bridgehead atoms. The maximum Gasteiger partial charge on any atom is 0.122 e. The lowest BCUT2D eigenvalue weighted by Gasteiger charge is -2.40. The van der Waals surface area contributed by atoms with Gasteiger partial charge in [0.2, 0.25) is 0 Å². The van der Waals surface area contributed by atoms with Crippen LogP contribution in [0.3, 0.4) is 0 Å². The Bertz CT molecular complexity index is 456. The standard InChI is InChI=1S/C16H24BrNO2/c1-18(2)16(8-4-5-9-16)15(19)11-12-10-13(17)6-7-14(12)20-3/h6-7,10,15,19H,4-5,8-9,11H2,1-3H3. The highest BCUT2D eigenvalue weighted by molar-refractivity contribution is 9.10. The van der Waals surface area contributed by atoms with E-state index in [0.29, 0.717) is 6.42 Å². The van der Waals surface area contributed by atoms with E-state index in [9.17, 15) is 5.11 Å². The highest BCUT2D eigenvalue weighted by atomic mass is 79.9. The Morgan fingerprint density at radius 3 is 2.55 bits per heavy atom. The molecule has 4 heteroatoms. The van der Waals surface area contributed by atoms with Crippen LogP contribution in [0.25, 0.3) is 0 Å². The van der Waals surface area contributed by atoms with Gasteiger partial charge < -0.3 is 14.7 Å². The summed E-state index contributed by atoms with van der Waals surface area (Å²) in [6.07, 6.45) is 4.79. The van der Waals surface area contributed by atoms with Gasteiger partial charge in [-0.2, -0.15) is 0 Å². The zero-order chi connectivity index (χ0) is 14.8. The van der Waals surface area contributed by atoms with Crippen molar-refractivity contribution in [2.24, 2.45) is 0 Å². The Morgan fingerprint density at radius 1 is 1.35 bits per heavy atom. The third-order valence-corrected chi connectivity index (χ3v) is 5.13. The molecule has 2 rings (SSSR count). The molecule has 0 heterocycles. The number of likely N-dealkylation sites (N-methyl/N-ethyl adjacent to an activating group) is 1. The predicted molar refractivity (Wildman–Crippen MR) is 85.3 cm³/mol. The average molecular weight is 342 g/mol. The SMILES string of the molecule is COc1ccc(Br)cc1CC(O)C1(N(C)C)CCCC1. The Morgan fingerprint density at radius 2 is 2.00 bits per heavy atom. The van der Waals surface area contributed by atoms with Crippen LogP contribution in [0.1, 0.15) is 31.2 Å². The third-order valence-electron chi connectivity index (χ3n) is 4.64. The molecule has 1 aliphatic carbocycles. The highest BCUT2D eigenvalue weighted by Crippen LogP contribution is 2.38. The number of nitrogens with zero attached hydrogens (tertiary/aromatic N) is 1. The van der Waals surface area contributed by atoms with Crippen LogP contribution >= 0.6 is 15.9 Å². The first kappa shape index (κ1) is 15.8. The van der Waals surface area contributed by atoms with Crippen LogP contribution in [0, 0.1) is 0 Å². The van der Waals surface area contributed by atoms with Gasteiger partial charge in [-0.05, 0) is 50.7 Å². The first-order chi connectivity index (χ1) is 9.49. The highest BCUT2D eigenvalue weighted by Gasteiger charge is 2.42. The van der Waals surface area contributed by atoms with E-state index in [4.69, 9.17) is 4.74 Å². The van der Waals surface area contributed by atoms with Crippen LogP contribution < -0.4 is 4.74 Å². The monoisotopic (exact) mass is 341 g/mol. The Balaban J connectivity index is 2.22. The molecule has 3 nitrogen and oxygen atoms in total. The van der Waals surface area contributed by atoms with Crippen molar-refractivity contribution < 1.29 is 9.84 Å². The molecule has 1 aliphatic rings. The maximum absolute atomic E-state index is 10.8. The molecular weight excluding hydrogens is 318 g/mol. The summed E-state index contributed by atoms with van der Waals surface area (Å²) in [7, 11) is 5.83. The van der Waals surface area contributed by atoms with Crippen molar-refractivity contribution >= 4 is 15.9 Å². The van der Waals surface area contributed by atoms with Crippen LogP contribution in [0.15, 0.2) is 22.7 Å². The van der Waals surface area contributed by atoms with Gasteiger partial charge in [0, 0.05) is 16.4 Å². The number of hydrogen-bond donors (Lipinski definition) is 1. The molecule has 112 valence electrons. The molecule has 0 radical (unpaired) electrons. The van der Waals surface area contributed by atoms with Crippen LogP contribution in [0.4, 0.5) is 0 Å². The second-order valence-corrected chi connectivity index (χ2v) is 6.80. The summed E-state index contributed by atoms with van der Waals surface area (Å²) in [5.74, 6) is 0.846. The van der Waals surface area contributed by atoms with E-state index >= 15 is 0 Å². The van der Waals surface area contributed by atoms with Crippen molar-refractivity contribution in [3.8, 4) is 5.75 Å². The molecule has 1 unspecified atom stereocenters. The molecule has 1 aromatic rings. The van der Waals surface area contributed by atoms with E-state index in [2.05, 4.69) is 34.9 Å². The van der Waals surface area contributed by atoms with E-state index in [1.54, 1.807) is 7.11 Å². The van der Waals surface area contributed by atoms with Gasteiger partial charge in [-0.15, -0.1) is 0 Å². The lowest BCUT2D eigenvalue weighted by molar-refractivity contribution is -0.00277.